The molecule has 3 rings (SSSR count). The summed E-state index contributed by atoms with van der Waals surface area (Å²) in [6.07, 6.45) is 4.15. The number of ether oxygens (including phenoxy) is 4. The predicted octanol–water partition coefficient (Wildman–Crippen LogP) is 2.93. The molecule has 0 aromatic carbocycles. The number of carbonyl (C=O) groups excluding carboxylic acids is 4. The maximum Gasteiger partial charge on any atom is 0.330 e. The fraction of sp³-hybridized carbons (Fsp3) is 0.188. The number of hydrogen-bond acceptors (Lipinski definition) is 11. The first-order chi connectivity index (χ1) is 21.6. The highest BCUT2D eigenvalue weighted by Gasteiger charge is 2.18. The van der Waals surface area contributed by atoms with E-state index in [0.717, 1.165) is 24.3 Å². The quantitative estimate of drug-likeness (QED) is 0.127. The highest BCUT2D eigenvalue weighted by atomic mass is 32.1. The number of aromatic nitrogens is 4. The van der Waals surface area contributed by atoms with Crippen molar-refractivity contribution in [2.75, 3.05) is 0 Å². The third-order valence-corrected chi connectivity index (χ3v) is 6.78. The minimum absolute atomic E-state index is 0.125. The first kappa shape index (κ1) is 33.6. The van der Waals surface area contributed by atoms with Crippen LogP contribution in [0.25, 0.3) is 0 Å². The molecule has 12 nitrogen and oxygen atoms in total. The van der Waals surface area contributed by atoms with Gasteiger partial charge in [0.05, 0.1) is 21.1 Å². The predicted molar refractivity (Wildman–Crippen MR) is 163 cm³/mol. The highest BCUT2D eigenvalue weighted by molar-refractivity contribution is 7.13. The van der Waals surface area contributed by atoms with Crippen LogP contribution in [0.3, 0.4) is 0 Å². The molecule has 0 amide bonds. The summed E-state index contributed by atoms with van der Waals surface area (Å²) in [6, 6.07) is 3.59. The van der Waals surface area contributed by atoms with E-state index in [0.29, 0.717) is 44.2 Å². The van der Waals surface area contributed by atoms with Crippen LogP contribution in [-0.4, -0.2) is 43.0 Å². The molecule has 13 heteroatoms. The summed E-state index contributed by atoms with van der Waals surface area (Å²) in [4.78, 5) is 56.6. The smallest absolute Gasteiger partial charge is 0.330 e. The topological polar surface area (TPSA) is 141 Å². The van der Waals surface area contributed by atoms with Crippen LogP contribution in [0, 0.1) is 23.7 Å². The largest absolute Gasteiger partial charge is 0.456 e. The number of thiophene rings is 1. The zero-order valence-electron chi connectivity index (χ0n) is 24.6. The summed E-state index contributed by atoms with van der Waals surface area (Å²) >= 11 is 1.33. The maximum absolute atomic E-state index is 11.6. The van der Waals surface area contributed by atoms with E-state index in [2.05, 4.69) is 60.0 Å². The van der Waals surface area contributed by atoms with Crippen LogP contribution in [0.15, 0.2) is 62.8 Å². The van der Waals surface area contributed by atoms with Gasteiger partial charge in [0, 0.05) is 38.4 Å². The molecule has 230 valence electrons. The van der Waals surface area contributed by atoms with E-state index in [-0.39, 0.29) is 26.4 Å². The van der Waals surface area contributed by atoms with Crippen molar-refractivity contribution in [1.29, 1.82) is 0 Å². The fourth-order valence-corrected chi connectivity index (χ4v) is 4.21. The molecule has 3 heterocycles. The minimum Gasteiger partial charge on any atom is -0.456 e. The lowest BCUT2D eigenvalue weighted by molar-refractivity contribution is -0.140. The van der Waals surface area contributed by atoms with Crippen molar-refractivity contribution in [3.63, 3.8) is 0 Å². The van der Waals surface area contributed by atoms with Gasteiger partial charge in [-0.1, -0.05) is 26.3 Å². The summed E-state index contributed by atoms with van der Waals surface area (Å²) in [6.45, 7) is 12.9. The Labute approximate surface area is 263 Å². The normalized spacial score (nSPS) is 9.82. The first-order valence-corrected chi connectivity index (χ1v) is 13.8. The Balaban J connectivity index is 1.84. The monoisotopic (exact) mass is 628 g/mol. The average Bonchev–Trinajstić information content (AvgIpc) is 3.72. The molecule has 0 atom stereocenters. The van der Waals surface area contributed by atoms with Crippen molar-refractivity contribution in [1.82, 2.24) is 19.1 Å². The van der Waals surface area contributed by atoms with Gasteiger partial charge >= 0.3 is 23.9 Å². The Bertz CT molecular complexity index is 1670. The number of carbonyl (C=O) groups is 4. The van der Waals surface area contributed by atoms with E-state index in [9.17, 15) is 19.2 Å². The van der Waals surface area contributed by atoms with E-state index < -0.39 is 23.9 Å². The molecule has 45 heavy (non-hydrogen) atoms. The third kappa shape index (κ3) is 9.28. The fourth-order valence-electron chi connectivity index (χ4n) is 3.49. The molecule has 0 spiro atoms. The number of rotatable bonds is 12. The van der Waals surface area contributed by atoms with Gasteiger partial charge < -0.3 is 28.1 Å². The second kappa shape index (κ2) is 16.1. The van der Waals surface area contributed by atoms with Crippen LogP contribution in [0.5, 0.6) is 0 Å². The Hall–Kier alpha value is -5.92. The van der Waals surface area contributed by atoms with Gasteiger partial charge in [0.1, 0.15) is 37.8 Å². The molecule has 0 unspecified atom stereocenters. The van der Waals surface area contributed by atoms with Crippen molar-refractivity contribution < 1.29 is 38.1 Å². The SMILES string of the molecule is C=CC(=O)OCc1nc(C#Cc2ccc(C#Cc3nc(COC(=O)C=C)c(COC(=O)C=C)n3C)s2)n(C)c1COC(=O)C=C. The minimum atomic E-state index is -0.625. The first-order valence-electron chi connectivity index (χ1n) is 13.0. The van der Waals surface area contributed by atoms with Gasteiger partial charge in [0.15, 0.2) is 11.6 Å². The van der Waals surface area contributed by atoms with Crippen LogP contribution in [0.2, 0.25) is 0 Å². The van der Waals surface area contributed by atoms with Gasteiger partial charge in [0.25, 0.3) is 0 Å². The molecule has 3 aromatic rings. The Kier molecular flexibility index (Phi) is 12.0. The third-order valence-electron chi connectivity index (χ3n) is 5.87. The Morgan fingerprint density at radius 3 is 1.31 bits per heavy atom. The van der Waals surface area contributed by atoms with Crippen LogP contribution < -0.4 is 0 Å². The molecule has 0 saturated carbocycles. The molecule has 0 aliphatic carbocycles. The van der Waals surface area contributed by atoms with Gasteiger partial charge in [-0.25, -0.2) is 29.1 Å². The van der Waals surface area contributed by atoms with Crippen molar-refractivity contribution in [3.05, 3.63) is 107 Å². The maximum atomic E-state index is 11.6. The molecule has 0 bridgehead atoms. The summed E-state index contributed by atoms with van der Waals surface area (Å²) in [5.41, 5.74) is 1.74. The second-order valence-corrected chi connectivity index (χ2v) is 9.77. The molecule has 0 N–H and O–H groups in total. The number of imidazole rings is 2. The molecule has 3 aromatic heterocycles. The Morgan fingerprint density at radius 2 is 0.978 bits per heavy atom. The molecule has 0 saturated heterocycles. The van der Waals surface area contributed by atoms with Crippen molar-refractivity contribution >= 4 is 35.2 Å². The second-order valence-electron chi connectivity index (χ2n) is 8.69. The molecule has 0 radical (unpaired) electrons. The molecule has 0 fully saturated rings. The van der Waals surface area contributed by atoms with Gasteiger partial charge in [0.2, 0.25) is 0 Å². The summed E-state index contributed by atoms with van der Waals surface area (Å²) < 4.78 is 23.8. The number of nitrogens with zero attached hydrogens (tertiary/aromatic N) is 4. The summed E-state index contributed by atoms with van der Waals surface area (Å²) in [7, 11) is 3.40. The molecular formula is C32H28N4O8S. The van der Waals surface area contributed by atoms with Crippen molar-refractivity contribution in [3.8, 4) is 23.7 Å². The van der Waals surface area contributed by atoms with E-state index in [1.54, 1.807) is 35.4 Å². The van der Waals surface area contributed by atoms with Gasteiger partial charge in [-0.05, 0) is 35.8 Å². The lowest BCUT2D eigenvalue weighted by atomic mass is 10.3. The number of hydrogen-bond donors (Lipinski definition) is 0. The summed E-state index contributed by atoms with van der Waals surface area (Å²) in [5, 5.41) is 0. The standard InChI is InChI=1S/C32H28N4O8S/c1-7-29(37)41-17-23-25(19-43-31(39)9-3)35(5)27(33-23)15-13-21-11-12-22(45-21)14-16-28-34-24(18-42-30(38)8-2)26(36(28)6)20-44-32(40)10-4/h7-12H,1-4,17-20H2,5-6H3. The van der Waals surface area contributed by atoms with Gasteiger partial charge in [-0.2, -0.15) is 0 Å². The zero-order valence-corrected chi connectivity index (χ0v) is 25.4. The van der Waals surface area contributed by atoms with E-state index in [1.807, 2.05) is 0 Å². The van der Waals surface area contributed by atoms with Crippen molar-refractivity contribution in [2.24, 2.45) is 14.1 Å². The Morgan fingerprint density at radius 1 is 0.644 bits per heavy atom. The zero-order chi connectivity index (χ0) is 32.9. The van der Waals surface area contributed by atoms with E-state index in [1.165, 1.54) is 11.3 Å². The van der Waals surface area contributed by atoms with Gasteiger partial charge in [-0.15, -0.1) is 11.3 Å². The van der Waals surface area contributed by atoms with Crippen LogP contribution in [-0.2, 0) is 78.6 Å². The van der Waals surface area contributed by atoms with E-state index in [4.69, 9.17) is 18.9 Å². The lowest BCUT2D eigenvalue weighted by Crippen LogP contribution is -2.09. The van der Waals surface area contributed by atoms with Crippen molar-refractivity contribution in [2.45, 2.75) is 26.4 Å². The van der Waals surface area contributed by atoms with Gasteiger partial charge in [-0.3, -0.25) is 0 Å². The van der Waals surface area contributed by atoms with Crippen LogP contribution in [0.4, 0.5) is 0 Å². The van der Waals surface area contributed by atoms with E-state index >= 15 is 0 Å². The molecule has 0 aliphatic rings. The molecule has 0 aliphatic heterocycles. The van der Waals surface area contributed by atoms with Crippen LogP contribution in [0.1, 0.15) is 44.2 Å². The van der Waals surface area contributed by atoms with Crippen LogP contribution >= 0.6 is 11.3 Å². The highest BCUT2D eigenvalue weighted by Crippen LogP contribution is 2.18. The number of esters is 4. The lowest BCUT2D eigenvalue weighted by Gasteiger charge is -2.06. The molecular weight excluding hydrogens is 600 g/mol. The summed E-state index contributed by atoms with van der Waals surface area (Å²) in [5.74, 6) is 10.3. The average molecular weight is 629 g/mol.